The Kier molecular flexibility index (Phi) is 5.15. The van der Waals surface area contributed by atoms with Crippen LogP contribution in [0.15, 0.2) is 36.4 Å². The summed E-state index contributed by atoms with van der Waals surface area (Å²) in [4.78, 5) is 11.8. The monoisotopic (exact) mass is 380 g/mol. The van der Waals surface area contributed by atoms with Gasteiger partial charge in [0.2, 0.25) is 0 Å². The summed E-state index contributed by atoms with van der Waals surface area (Å²) >= 11 is 0. The van der Waals surface area contributed by atoms with Gasteiger partial charge in [-0.2, -0.15) is 26.3 Å². The van der Waals surface area contributed by atoms with E-state index in [2.05, 4.69) is 0 Å². The number of urea groups is 1. The standard InChI is InChI=1S/C16H11F7N2O/c1-8-2-3-13(12(17)4-8)25-14(26)24-11-6-9(15(18,19)20)5-10(7-11)16(21,22)23/h2-7H,1H3,(H2,24,25,26). The van der Waals surface area contributed by atoms with E-state index in [0.29, 0.717) is 17.7 Å². The van der Waals surface area contributed by atoms with E-state index in [1.165, 1.54) is 12.1 Å². The van der Waals surface area contributed by atoms with Gasteiger partial charge in [-0.05, 0) is 42.8 Å². The van der Waals surface area contributed by atoms with E-state index >= 15 is 0 Å². The summed E-state index contributed by atoms with van der Waals surface area (Å²) in [5.74, 6) is -0.805. The summed E-state index contributed by atoms with van der Waals surface area (Å²) < 4.78 is 90.2. The second kappa shape index (κ2) is 6.85. The lowest BCUT2D eigenvalue weighted by Gasteiger charge is -2.15. The fraction of sp³-hybridized carbons (Fsp3) is 0.188. The summed E-state index contributed by atoms with van der Waals surface area (Å²) in [6.45, 7) is 1.59. The molecular formula is C16H11F7N2O. The molecule has 0 saturated carbocycles. The van der Waals surface area contributed by atoms with Crippen LogP contribution in [0, 0.1) is 12.7 Å². The summed E-state index contributed by atoms with van der Waals surface area (Å²) in [6, 6.07) is 3.20. The molecule has 2 aromatic carbocycles. The first-order valence-corrected chi connectivity index (χ1v) is 7.00. The molecule has 2 amide bonds. The number of anilines is 2. The highest BCUT2D eigenvalue weighted by Crippen LogP contribution is 2.37. The van der Waals surface area contributed by atoms with Gasteiger partial charge in [0.05, 0.1) is 16.8 Å². The maximum atomic E-state index is 13.7. The largest absolute Gasteiger partial charge is 0.416 e. The molecule has 2 rings (SSSR count). The maximum Gasteiger partial charge on any atom is 0.416 e. The molecule has 0 fully saturated rings. The number of rotatable bonds is 2. The SMILES string of the molecule is Cc1ccc(NC(=O)Nc2cc(C(F)(F)F)cc(C(F)(F)F)c2)c(F)c1. The molecule has 2 N–H and O–H groups in total. The first-order valence-electron chi connectivity index (χ1n) is 7.00. The number of carbonyl (C=O) groups is 1. The molecule has 0 aliphatic carbocycles. The van der Waals surface area contributed by atoms with E-state index in [0.717, 1.165) is 6.07 Å². The van der Waals surface area contributed by atoms with Crippen LogP contribution < -0.4 is 10.6 Å². The summed E-state index contributed by atoms with van der Waals surface area (Å²) in [7, 11) is 0. The fourth-order valence-electron chi connectivity index (χ4n) is 2.03. The van der Waals surface area contributed by atoms with E-state index in [1.807, 2.05) is 10.6 Å². The molecule has 0 heterocycles. The van der Waals surface area contributed by atoms with Gasteiger partial charge in [-0.3, -0.25) is 0 Å². The van der Waals surface area contributed by atoms with Gasteiger partial charge in [0.1, 0.15) is 5.82 Å². The van der Waals surface area contributed by atoms with Crippen molar-refractivity contribution in [1.29, 1.82) is 0 Å². The molecule has 140 valence electrons. The van der Waals surface area contributed by atoms with Crippen molar-refractivity contribution in [3.63, 3.8) is 0 Å². The highest BCUT2D eigenvalue weighted by Gasteiger charge is 2.37. The van der Waals surface area contributed by atoms with Crippen molar-refractivity contribution in [3.8, 4) is 0 Å². The van der Waals surface area contributed by atoms with Gasteiger partial charge in [-0.25, -0.2) is 9.18 Å². The number of aryl methyl sites for hydroxylation is 1. The van der Waals surface area contributed by atoms with Crippen LogP contribution in [0.25, 0.3) is 0 Å². The van der Waals surface area contributed by atoms with Gasteiger partial charge < -0.3 is 10.6 Å². The molecule has 0 aliphatic heterocycles. The molecule has 3 nitrogen and oxygen atoms in total. The Morgan fingerprint density at radius 1 is 0.846 bits per heavy atom. The van der Waals surface area contributed by atoms with Crippen LogP contribution in [0.3, 0.4) is 0 Å². The number of alkyl halides is 6. The molecule has 10 heteroatoms. The number of benzene rings is 2. The zero-order chi connectivity index (χ0) is 19.7. The summed E-state index contributed by atoms with van der Waals surface area (Å²) in [5.41, 5.74) is -3.62. The van der Waals surface area contributed by atoms with Crippen LogP contribution in [-0.4, -0.2) is 6.03 Å². The first-order chi connectivity index (χ1) is 11.9. The van der Waals surface area contributed by atoms with Crippen molar-refractivity contribution in [3.05, 3.63) is 58.9 Å². The van der Waals surface area contributed by atoms with Gasteiger partial charge in [-0.15, -0.1) is 0 Å². The third-order valence-corrected chi connectivity index (χ3v) is 3.22. The van der Waals surface area contributed by atoms with E-state index < -0.39 is 41.0 Å². The molecule has 0 aromatic heterocycles. The molecule has 0 aliphatic rings. The van der Waals surface area contributed by atoms with Gasteiger partial charge in [0.25, 0.3) is 0 Å². The molecule has 0 saturated heterocycles. The van der Waals surface area contributed by atoms with Crippen LogP contribution in [-0.2, 0) is 12.4 Å². The number of hydrogen-bond donors (Lipinski definition) is 2. The molecule has 26 heavy (non-hydrogen) atoms. The van der Waals surface area contributed by atoms with Crippen molar-refractivity contribution in [2.75, 3.05) is 10.6 Å². The average molecular weight is 380 g/mol. The predicted octanol–water partition coefficient (Wildman–Crippen LogP) is 5.82. The summed E-state index contributed by atoms with van der Waals surface area (Å²) in [5, 5.41) is 3.86. The average Bonchev–Trinajstić information content (AvgIpc) is 2.48. The van der Waals surface area contributed by atoms with Crippen molar-refractivity contribution < 1.29 is 35.5 Å². The van der Waals surface area contributed by atoms with Crippen LogP contribution in [0.5, 0.6) is 0 Å². The lowest BCUT2D eigenvalue weighted by molar-refractivity contribution is -0.143. The zero-order valence-electron chi connectivity index (χ0n) is 13.0. The molecule has 2 aromatic rings. The Hall–Kier alpha value is -2.78. The first kappa shape index (κ1) is 19.5. The van der Waals surface area contributed by atoms with Gasteiger partial charge in [-0.1, -0.05) is 6.07 Å². The number of halogens is 7. The minimum Gasteiger partial charge on any atom is -0.308 e. The Balaban J connectivity index is 2.28. The highest BCUT2D eigenvalue weighted by atomic mass is 19.4. The minimum atomic E-state index is -5.04. The van der Waals surface area contributed by atoms with Crippen LogP contribution >= 0.6 is 0 Å². The second-order valence-corrected chi connectivity index (χ2v) is 5.36. The smallest absolute Gasteiger partial charge is 0.308 e. The highest BCUT2D eigenvalue weighted by molar-refractivity contribution is 6.00. The molecule has 0 bridgehead atoms. The molecule has 0 atom stereocenters. The van der Waals surface area contributed by atoms with E-state index in [9.17, 15) is 35.5 Å². The topological polar surface area (TPSA) is 41.1 Å². The van der Waals surface area contributed by atoms with Gasteiger partial charge in [0.15, 0.2) is 0 Å². The van der Waals surface area contributed by atoms with E-state index in [1.54, 1.807) is 6.92 Å². The fourth-order valence-corrected chi connectivity index (χ4v) is 2.03. The Bertz CT molecular complexity index is 796. The Morgan fingerprint density at radius 2 is 1.38 bits per heavy atom. The van der Waals surface area contributed by atoms with Crippen LogP contribution in [0.2, 0.25) is 0 Å². The van der Waals surface area contributed by atoms with Gasteiger partial charge in [0, 0.05) is 5.69 Å². The molecular weight excluding hydrogens is 369 g/mol. The molecule has 0 spiro atoms. The number of nitrogens with one attached hydrogen (secondary N) is 2. The Morgan fingerprint density at radius 3 is 1.85 bits per heavy atom. The minimum absolute atomic E-state index is 0.0667. The summed E-state index contributed by atoms with van der Waals surface area (Å²) in [6.07, 6.45) is -10.1. The van der Waals surface area contributed by atoms with Crippen molar-refractivity contribution >= 4 is 17.4 Å². The van der Waals surface area contributed by atoms with E-state index in [-0.39, 0.29) is 11.8 Å². The van der Waals surface area contributed by atoms with Crippen LogP contribution in [0.4, 0.5) is 46.9 Å². The third-order valence-electron chi connectivity index (χ3n) is 3.22. The third kappa shape index (κ3) is 4.87. The predicted molar refractivity (Wildman–Crippen MR) is 80.2 cm³/mol. The van der Waals surface area contributed by atoms with Crippen molar-refractivity contribution in [2.45, 2.75) is 19.3 Å². The number of carbonyl (C=O) groups excluding carboxylic acids is 1. The zero-order valence-corrected chi connectivity index (χ0v) is 13.0. The second-order valence-electron chi connectivity index (χ2n) is 5.36. The normalized spacial score (nSPS) is 12.0. The number of amides is 2. The lowest BCUT2D eigenvalue weighted by atomic mass is 10.1. The molecule has 0 unspecified atom stereocenters. The lowest BCUT2D eigenvalue weighted by Crippen LogP contribution is -2.21. The van der Waals surface area contributed by atoms with Gasteiger partial charge >= 0.3 is 18.4 Å². The van der Waals surface area contributed by atoms with E-state index in [4.69, 9.17) is 0 Å². The quantitative estimate of drug-likeness (QED) is 0.634. The Labute approximate surface area is 142 Å². The number of hydrogen-bond acceptors (Lipinski definition) is 1. The van der Waals surface area contributed by atoms with Crippen LogP contribution in [0.1, 0.15) is 16.7 Å². The van der Waals surface area contributed by atoms with Crippen molar-refractivity contribution in [1.82, 2.24) is 0 Å². The molecule has 0 radical (unpaired) electrons. The van der Waals surface area contributed by atoms with Crippen molar-refractivity contribution in [2.24, 2.45) is 0 Å². The maximum absolute atomic E-state index is 13.7.